The van der Waals surface area contributed by atoms with E-state index in [1.807, 2.05) is 13.8 Å². The van der Waals surface area contributed by atoms with Gasteiger partial charge >= 0.3 is 0 Å². The van der Waals surface area contributed by atoms with Crippen LogP contribution in [-0.4, -0.2) is 18.3 Å². The van der Waals surface area contributed by atoms with Gasteiger partial charge in [0.05, 0.1) is 0 Å². The first kappa shape index (κ1) is 12.5. The predicted octanol–water partition coefficient (Wildman–Crippen LogP) is 2.69. The lowest BCUT2D eigenvalue weighted by molar-refractivity contribution is 0.162. The molecule has 10 heavy (non-hydrogen) atoms. The molecule has 0 aliphatic carbocycles. The molecule has 0 fully saturated rings. The zero-order valence-corrected chi connectivity index (χ0v) is 7.48. The quantitative estimate of drug-likeness (QED) is 0.640. The Morgan fingerprint density at radius 1 is 1.50 bits per heavy atom. The highest BCUT2D eigenvalue weighted by Crippen LogP contribution is 1.89. The van der Waals surface area contributed by atoms with E-state index in [1.54, 1.807) is 6.92 Å². The second-order valence-electron chi connectivity index (χ2n) is 1.39. The second kappa shape index (κ2) is 11.6. The van der Waals surface area contributed by atoms with E-state index < -0.39 is 0 Å². The standard InChI is InChI=1S/C4H10O.C3H5ClO/c1-3-5-4-2;1-2-3(4)5/h3-4H2,1-2H3;2,5H,1H3/b;3-2-. The first-order chi connectivity index (χ1) is 4.68. The normalized spacial score (nSPS) is 10.2. The van der Waals surface area contributed by atoms with E-state index in [9.17, 15) is 0 Å². The predicted molar refractivity (Wildman–Crippen MR) is 44.4 cm³/mol. The van der Waals surface area contributed by atoms with E-state index in [-0.39, 0.29) is 5.22 Å². The number of rotatable bonds is 2. The molecule has 62 valence electrons. The molecule has 0 radical (unpaired) electrons. The summed E-state index contributed by atoms with van der Waals surface area (Å²) in [6, 6.07) is 0. The first-order valence-electron chi connectivity index (χ1n) is 3.27. The summed E-state index contributed by atoms with van der Waals surface area (Å²) in [5, 5.41) is 7.84. The van der Waals surface area contributed by atoms with Crippen LogP contribution in [0.15, 0.2) is 11.3 Å². The van der Waals surface area contributed by atoms with Gasteiger partial charge in [-0.1, -0.05) is 0 Å². The van der Waals surface area contributed by atoms with E-state index in [4.69, 9.17) is 21.4 Å². The Labute approximate surface area is 67.5 Å². The third-order valence-corrected chi connectivity index (χ3v) is 0.865. The summed E-state index contributed by atoms with van der Waals surface area (Å²) in [4.78, 5) is 0. The lowest BCUT2D eigenvalue weighted by Crippen LogP contribution is -1.84. The van der Waals surface area contributed by atoms with Gasteiger partial charge in [-0.25, -0.2) is 0 Å². The fourth-order valence-electron chi connectivity index (χ4n) is 0.204. The summed E-state index contributed by atoms with van der Waals surface area (Å²) in [6.07, 6.45) is 1.40. The van der Waals surface area contributed by atoms with E-state index in [0.29, 0.717) is 0 Å². The number of halogens is 1. The number of aliphatic hydroxyl groups excluding tert-OH is 1. The molecule has 0 aromatic rings. The minimum absolute atomic E-state index is 0.148. The molecule has 0 aromatic carbocycles. The van der Waals surface area contributed by atoms with Crippen molar-refractivity contribution in [2.24, 2.45) is 0 Å². The number of aliphatic hydroxyl groups is 1. The number of ether oxygens (including phenoxy) is 1. The van der Waals surface area contributed by atoms with Crippen molar-refractivity contribution in [2.45, 2.75) is 20.8 Å². The van der Waals surface area contributed by atoms with Crippen molar-refractivity contribution in [3.63, 3.8) is 0 Å². The molecule has 2 nitrogen and oxygen atoms in total. The van der Waals surface area contributed by atoms with Crippen molar-refractivity contribution < 1.29 is 9.84 Å². The number of allylic oxidation sites excluding steroid dienone is 1. The average molecular weight is 167 g/mol. The Morgan fingerprint density at radius 2 is 1.80 bits per heavy atom. The molecule has 0 rings (SSSR count). The van der Waals surface area contributed by atoms with Gasteiger partial charge in [-0.3, -0.25) is 0 Å². The molecule has 1 N–H and O–H groups in total. The van der Waals surface area contributed by atoms with Crippen LogP contribution in [0.25, 0.3) is 0 Å². The molecule has 0 bridgehead atoms. The topological polar surface area (TPSA) is 29.5 Å². The van der Waals surface area contributed by atoms with Crippen LogP contribution in [0.4, 0.5) is 0 Å². The van der Waals surface area contributed by atoms with Crippen molar-refractivity contribution >= 4 is 11.6 Å². The van der Waals surface area contributed by atoms with E-state index in [2.05, 4.69) is 0 Å². The Morgan fingerprint density at radius 3 is 1.80 bits per heavy atom. The van der Waals surface area contributed by atoms with E-state index >= 15 is 0 Å². The largest absolute Gasteiger partial charge is 0.499 e. The van der Waals surface area contributed by atoms with Gasteiger partial charge in [-0.05, 0) is 38.4 Å². The highest BCUT2D eigenvalue weighted by Gasteiger charge is 1.67. The molecule has 0 aliphatic rings. The fraction of sp³-hybridized carbons (Fsp3) is 0.714. The highest BCUT2D eigenvalue weighted by atomic mass is 35.5. The van der Waals surface area contributed by atoms with Crippen LogP contribution in [-0.2, 0) is 4.74 Å². The van der Waals surface area contributed by atoms with Crippen LogP contribution in [0.1, 0.15) is 20.8 Å². The second-order valence-corrected chi connectivity index (χ2v) is 1.78. The summed E-state index contributed by atoms with van der Waals surface area (Å²) in [5.41, 5.74) is 0. The zero-order chi connectivity index (χ0) is 8.41. The minimum Gasteiger partial charge on any atom is -0.499 e. The maximum Gasteiger partial charge on any atom is 0.179 e. The average Bonchev–Trinajstić information content (AvgIpc) is 1.91. The zero-order valence-electron chi connectivity index (χ0n) is 6.72. The maximum absolute atomic E-state index is 7.99. The molecule has 0 saturated carbocycles. The maximum atomic E-state index is 7.99. The monoisotopic (exact) mass is 166 g/mol. The molecule has 0 amide bonds. The molecular formula is C7H15ClO2. The van der Waals surface area contributed by atoms with Gasteiger partial charge in [0.25, 0.3) is 0 Å². The summed E-state index contributed by atoms with van der Waals surface area (Å²) in [7, 11) is 0. The van der Waals surface area contributed by atoms with Crippen LogP contribution in [0.5, 0.6) is 0 Å². The minimum atomic E-state index is -0.148. The number of hydrogen-bond donors (Lipinski definition) is 1. The molecule has 0 heterocycles. The molecule has 0 unspecified atom stereocenters. The van der Waals surface area contributed by atoms with Gasteiger partial charge in [0.2, 0.25) is 0 Å². The fourth-order valence-corrected chi connectivity index (χ4v) is 0.204. The Hall–Kier alpha value is -0.210. The molecule has 0 aliphatic heterocycles. The van der Waals surface area contributed by atoms with Crippen molar-refractivity contribution in [1.82, 2.24) is 0 Å². The third kappa shape index (κ3) is 25.0. The van der Waals surface area contributed by atoms with Crippen LogP contribution in [0.3, 0.4) is 0 Å². The lowest BCUT2D eigenvalue weighted by Gasteiger charge is -1.86. The van der Waals surface area contributed by atoms with Crippen LogP contribution >= 0.6 is 11.6 Å². The molecule has 3 heteroatoms. The smallest absolute Gasteiger partial charge is 0.179 e. The van der Waals surface area contributed by atoms with Crippen molar-refractivity contribution in [3.05, 3.63) is 11.3 Å². The van der Waals surface area contributed by atoms with Gasteiger partial charge in [0, 0.05) is 13.2 Å². The summed E-state index contributed by atoms with van der Waals surface area (Å²) < 4.78 is 4.83. The van der Waals surface area contributed by atoms with Gasteiger partial charge in [0.1, 0.15) is 0 Å². The Balaban J connectivity index is 0. The Bertz CT molecular complexity index is 75.7. The van der Waals surface area contributed by atoms with E-state index in [1.165, 1.54) is 6.08 Å². The van der Waals surface area contributed by atoms with Crippen molar-refractivity contribution in [3.8, 4) is 0 Å². The van der Waals surface area contributed by atoms with Crippen LogP contribution in [0.2, 0.25) is 0 Å². The molecule has 0 aromatic heterocycles. The van der Waals surface area contributed by atoms with Gasteiger partial charge in [-0.2, -0.15) is 0 Å². The molecule has 0 saturated heterocycles. The van der Waals surface area contributed by atoms with Gasteiger partial charge < -0.3 is 9.84 Å². The number of hydrogen-bond acceptors (Lipinski definition) is 2. The van der Waals surface area contributed by atoms with E-state index in [0.717, 1.165) is 13.2 Å². The Kier molecular flexibility index (Phi) is 14.4. The highest BCUT2D eigenvalue weighted by molar-refractivity contribution is 6.27. The lowest BCUT2D eigenvalue weighted by atomic mass is 10.7. The SMILES string of the molecule is C/C=C(\O)Cl.CCOCC. The molecule has 0 atom stereocenters. The molecular weight excluding hydrogens is 152 g/mol. The van der Waals surface area contributed by atoms with Crippen LogP contribution < -0.4 is 0 Å². The first-order valence-corrected chi connectivity index (χ1v) is 3.65. The van der Waals surface area contributed by atoms with Gasteiger partial charge in [0.15, 0.2) is 5.22 Å². The van der Waals surface area contributed by atoms with Crippen LogP contribution in [0, 0.1) is 0 Å². The summed E-state index contributed by atoms with van der Waals surface area (Å²) in [5.74, 6) is 0. The molecule has 0 spiro atoms. The summed E-state index contributed by atoms with van der Waals surface area (Å²) in [6.45, 7) is 7.32. The van der Waals surface area contributed by atoms with Gasteiger partial charge in [-0.15, -0.1) is 0 Å². The van der Waals surface area contributed by atoms with Crippen molar-refractivity contribution in [1.29, 1.82) is 0 Å². The third-order valence-electron chi connectivity index (χ3n) is 0.646. The summed E-state index contributed by atoms with van der Waals surface area (Å²) >= 11 is 4.88. The van der Waals surface area contributed by atoms with Crippen molar-refractivity contribution in [2.75, 3.05) is 13.2 Å².